The van der Waals surface area contributed by atoms with E-state index in [9.17, 15) is 26.9 Å². The van der Waals surface area contributed by atoms with Gasteiger partial charge >= 0.3 is 6.18 Å². The molecular weight excluding hydrogens is 403 g/mol. The minimum Gasteiger partial charge on any atom is -0.382 e. The van der Waals surface area contributed by atoms with Crippen LogP contribution in [-0.4, -0.2) is 27.2 Å². The van der Waals surface area contributed by atoms with Gasteiger partial charge in [0.2, 0.25) is 10.0 Å². The molecule has 9 heteroatoms. The minimum absolute atomic E-state index is 0.161. The maximum Gasteiger partial charge on any atom is 0.406 e. The quantitative estimate of drug-likeness (QED) is 0.730. The van der Waals surface area contributed by atoms with Crippen LogP contribution >= 0.6 is 0 Å². The molecule has 0 fully saturated rings. The van der Waals surface area contributed by atoms with E-state index in [1.807, 2.05) is 6.07 Å². The standard InChI is InChI=1S/C20H22F3N3O2S/c1-12-8-14(3)19(15(4)9-12)29(27,28)26-18(20(21,22)23)11-25-17-7-5-6-13(2)16(17)10-24/h5-9,18,25-26H,11H2,1-4H3. The van der Waals surface area contributed by atoms with Crippen LogP contribution in [0.15, 0.2) is 35.2 Å². The molecule has 2 rings (SSSR count). The van der Waals surface area contributed by atoms with E-state index in [0.717, 1.165) is 5.56 Å². The van der Waals surface area contributed by atoms with Crippen LogP contribution in [0.3, 0.4) is 0 Å². The Balaban J connectivity index is 2.34. The van der Waals surface area contributed by atoms with Crippen LogP contribution < -0.4 is 10.0 Å². The first kappa shape index (κ1) is 22.7. The first-order chi connectivity index (χ1) is 13.4. The Hall–Kier alpha value is -2.57. The van der Waals surface area contributed by atoms with Crippen LogP contribution in [0.25, 0.3) is 0 Å². The molecule has 0 aromatic heterocycles. The van der Waals surface area contributed by atoms with Crippen molar-refractivity contribution in [1.82, 2.24) is 4.72 Å². The van der Waals surface area contributed by atoms with Gasteiger partial charge in [-0.15, -0.1) is 0 Å². The van der Waals surface area contributed by atoms with E-state index < -0.39 is 28.8 Å². The molecule has 29 heavy (non-hydrogen) atoms. The van der Waals surface area contributed by atoms with Gasteiger partial charge in [0.05, 0.1) is 16.1 Å². The molecule has 0 saturated heterocycles. The molecule has 0 heterocycles. The third-order valence-electron chi connectivity index (χ3n) is 4.45. The maximum atomic E-state index is 13.6. The van der Waals surface area contributed by atoms with Crippen molar-refractivity contribution in [1.29, 1.82) is 5.26 Å². The summed E-state index contributed by atoms with van der Waals surface area (Å²) in [5.74, 6) is 0. The molecular formula is C20H22F3N3O2S. The van der Waals surface area contributed by atoms with Gasteiger partial charge in [0, 0.05) is 6.54 Å². The highest BCUT2D eigenvalue weighted by atomic mass is 32.2. The van der Waals surface area contributed by atoms with E-state index in [1.54, 1.807) is 56.7 Å². The molecule has 1 atom stereocenters. The second kappa shape index (κ2) is 8.43. The Kier molecular flexibility index (Phi) is 6.60. The fourth-order valence-electron chi connectivity index (χ4n) is 3.24. The van der Waals surface area contributed by atoms with Crippen molar-refractivity contribution in [2.45, 2.75) is 44.8 Å². The van der Waals surface area contributed by atoms with Gasteiger partial charge < -0.3 is 5.32 Å². The normalized spacial score (nSPS) is 13.0. The number of halogens is 3. The van der Waals surface area contributed by atoms with Crippen molar-refractivity contribution in [3.05, 3.63) is 58.1 Å². The molecule has 0 saturated carbocycles. The van der Waals surface area contributed by atoms with Crippen LogP contribution in [0, 0.1) is 39.0 Å². The molecule has 5 nitrogen and oxygen atoms in total. The molecule has 2 N–H and O–H groups in total. The van der Waals surface area contributed by atoms with Gasteiger partial charge in [-0.3, -0.25) is 0 Å². The molecule has 1 unspecified atom stereocenters. The van der Waals surface area contributed by atoms with Gasteiger partial charge in [0.1, 0.15) is 12.1 Å². The number of hydrogen-bond acceptors (Lipinski definition) is 4. The lowest BCUT2D eigenvalue weighted by atomic mass is 10.1. The van der Waals surface area contributed by atoms with Crippen molar-refractivity contribution in [3.63, 3.8) is 0 Å². The van der Waals surface area contributed by atoms with Gasteiger partial charge in [0.15, 0.2) is 0 Å². The highest BCUT2D eigenvalue weighted by Gasteiger charge is 2.42. The first-order valence-electron chi connectivity index (χ1n) is 8.77. The van der Waals surface area contributed by atoms with Crippen molar-refractivity contribution in [3.8, 4) is 6.07 Å². The number of anilines is 1. The van der Waals surface area contributed by atoms with Crippen LogP contribution in [0.5, 0.6) is 0 Å². The van der Waals surface area contributed by atoms with E-state index >= 15 is 0 Å². The number of hydrogen-bond donors (Lipinski definition) is 2. The summed E-state index contributed by atoms with van der Waals surface area (Å²) in [4.78, 5) is -0.161. The molecule has 0 radical (unpaired) electrons. The third kappa shape index (κ3) is 5.28. The molecule has 0 aliphatic rings. The SMILES string of the molecule is Cc1cc(C)c(S(=O)(=O)NC(CNc2cccc(C)c2C#N)C(F)(F)F)c(C)c1. The van der Waals surface area contributed by atoms with E-state index in [1.165, 1.54) is 6.07 Å². The smallest absolute Gasteiger partial charge is 0.382 e. The molecule has 2 aromatic rings. The Morgan fingerprint density at radius 1 is 1.07 bits per heavy atom. The topological polar surface area (TPSA) is 82.0 Å². The highest BCUT2D eigenvalue weighted by molar-refractivity contribution is 7.89. The Morgan fingerprint density at radius 3 is 2.17 bits per heavy atom. The highest BCUT2D eigenvalue weighted by Crippen LogP contribution is 2.27. The molecule has 0 aliphatic carbocycles. The van der Waals surface area contributed by atoms with Crippen molar-refractivity contribution in [2.24, 2.45) is 0 Å². The zero-order chi connectivity index (χ0) is 22.0. The third-order valence-corrected chi connectivity index (χ3v) is 6.22. The van der Waals surface area contributed by atoms with Crippen LogP contribution in [0.4, 0.5) is 18.9 Å². The monoisotopic (exact) mass is 425 g/mol. The number of nitrogens with one attached hydrogen (secondary N) is 2. The van der Waals surface area contributed by atoms with Gasteiger partial charge in [-0.25, -0.2) is 8.42 Å². The molecule has 2 aromatic carbocycles. The van der Waals surface area contributed by atoms with E-state index in [0.29, 0.717) is 16.7 Å². The summed E-state index contributed by atoms with van der Waals surface area (Å²) in [5, 5.41) is 11.8. The van der Waals surface area contributed by atoms with Crippen LogP contribution in [-0.2, 0) is 10.0 Å². The molecule has 0 spiro atoms. The summed E-state index contributed by atoms with van der Waals surface area (Å²) >= 11 is 0. The lowest BCUT2D eigenvalue weighted by molar-refractivity contribution is -0.148. The summed E-state index contributed by atoms with van der Waals surface area (Å²) in [6, 6.07) is 7.51. The first-order valence-corrected chi connectivity index (χ1v) is 10.3. The predicted molar refractivity (Wildman–Crippen MR) is 105 cm³/mol. The number of rotatable bonds is 6. The zero-order valence-corrected chi connectivity index (χ0v) is 17.3. The molecule has 156 valence electrons. The fraction of sp³-hybridized carbons (Fsp3) is 0.350. The van der Waals surface area contributed by atoms with Crippen molar-refractivity contribution < 1.29 is 21.6 Å². The number of nitrogens with zero attached hydrogens (tertiary/aromatic N) is 1. The summed E-state index contributed by atoms with van der Waals surface area (Å²) in [5.41, 5.74) is 2.58. The Morgan fingerprint density at radius 2 is 1.66 bits per heavy atom. The van der Waals surface area contributed by atoms with Crippen LogP contribution in [0.2, 0.25) is 0 Å². The van der Waals surface area contributed by atoms with Gasteiger partial charge in [-0.1, -0.05) is 29.8 Å². The average molecular weight is 425 g/mol. The fourth-order valence-corrected chi connectivity index (χ4v) is 4.91. The number of sulfonamides is 1. The minimum atomic E-state index is -4.83. The number of aryl methyl sites for hydroxylation is 4. The summed E-state index contributed by atoms with van der Waals surface area (Å²) in [6.07, 6.45) is -4.83. The predicted octanol–water partition coefficient (Wildman–Crippen LogP) is 4.11. The zero-order valence-electron chi connectivity index (χ0n) is 16.5. The number of benzene rings is 2. The maximum absolute atomic E-state index is 13.6. The van der Waals surface area contributed by atoms with E-state index in [4.69, 9.17) is 0 Å². The Labute approximate surface area is 168 Å². The van der Waals surface area contributed by atoms with Crippen molar-refractivity contribution in [2.75, 3.05) is 11.9 Å². The molecule has 0 bridgehead atoms. The van der Waals surface area contributed by atoms with Crippen LogP contribution in [0.1, 0.15) is 27.8 Å². The summed E-state index contributed by atoms with van der Waals surface area (Å²) < 4.78 is 67.9. The lowest BCUT2D eigenvalue weighted by Crippen LogP contribution is -2.49. The number of nitriles is 1. The molecule has 0 amide bonds. The second-order valence-electron chi connectivity index (χ2n) is 6.93. The average Bonchev–Trinajstić information content (AvgIpc) is 2.56. The van der Waals surface area contributed by atoms with Gasteiger partial charge in [-0.05, 0) is 50.5 Å². The van der Waals surface area contributed by atoms with E-state index in [2.05, 4.69) is 5.32 Å². The largest absolute Gasteiger partial charge is 0.406 e. The second-order valence-corrected chi connectivity index (χ2v) is 8.58. The number of alkyl halides is 3. The van der Waals surface area contributed by atoms with E-state index in [-0.39, 0.29) is 16.1 Å². The summed E-state index contributed by atoms with van der Waals surface area (Å²) in [7, 11) is -4.42. The Bertz CT molecular complexity index is 1030. The summed E-state index contributed by atoms with van der Waals surface area (Å²) in [6.45, 7) is 5.77. The lowest BCUT2D eigenvalue weighted by Gasteiger charge is -2.24. The van der Waals surface area contributed by atoms with Crippen molar-refractivity contribution >= 4 is 15.7 Å². The molecule has 0 aliphatic heterocycles. The van der Waals surface area contributed by atoms with Gasteiger partial charge in [-0.2, -0.15) is 23.2 Å². The van der Waals surface area contributed by atoms with Gasteiger partial charge in [0.25, 0.3) is 0 Å².